The van der Waals surface area contributed by atoms with Crippen molar-refractivity contribution in [3.63, 3.8) is 0 Å². The average Bonchev–Trinajstić information content (AvgIpc) is 2.51. The molecule has 0 N–H and O–H groups in total. The monoisotopic (exact) mass is 341 g/mol. The van der Waals surface area contributed by atoms with Gasteiger partial charge in [0.05, 0.1) is 11.5 Å². The Bertz CT molecular complexity index is 518. The van der Waals surface area contributed by atoms with Crippen LogP contribution in [-0.2, 0) is 14.6 Å². The third kappa shape index (κ3) is 5.07. The van der Waals surface area contributed by atoms with Gasteiger partial charge in [0.25, 0.3) is 0 Å². The molecule has 0 bridgehead atoms. The normalized spacial score (nSPS) is 30.8. The fourth-order valence-electron chi connectivity index (χ4n) is 4.10. The molecule has 132 valence electrons. The van der Waals surface area contributed by atoms with Crippen LogP contribution in [0.3, 0.4) is 0 Å². The SMILES string of the molecule is C=CC(=O)N(CC1CCC(C(C)C)CC1)C1CCCS(=O)(=O)C1. The molecule has 0 radical (unpaired) electrons. The number of hydrogen-bond acceptors (Lipinski definition) is 3. The molecule has 1 aliphatic heterocycles. The van der Waals surface area contributed by atoms with E-state index in [0.717, 1.165) is 31.1 Å². The molecule has 5 heteroatoms. The van der Waals surface area contributed by atoms with E-state index in [4.69, 9.17) is 0 Å². The van der Waals surface area contributed by atoms with E-state index in [2.05, 4.69) is 20.4 Å². The van der Waals surface area contributed by atoms with E-state index in [9.17, 15) is 13.2 Å². The largest absolute Gasteiger partial charge is 0.335 e. The first-order valence-corrected chi connectivity index (χ1v) is 10.8. The van der Waals surface area contributed by atoms with Crippen molar-refractivity contribution in [3.8, 4) is 0 Å². The highest BCUT2D eigenvalue weighted by Crippen LogP contribution is 2.34. The predicted molar refractivity (Wildman–Crippen MR) is 93.9 cm³/mol. The Morgan fingerprint density at radius 3 is 2.39 bits per heavy atom. The van der Waals surface area contributed by atoms with Gasteiger partial charge in [0.2, 0.25) is 5.91 Å². The summed E-state index contributed by atoms with van der Waals surface area (Å²) in [4.78, 5) is 14.1. The van der Waals surface area contributed by atoms with Crippen LogP contribution in [0.2, 0.25) is 0 Å². The van der Waals surface area contributed by atoms with Crippen LogP contribution in [0, 0.1) is 17.8 Å². The van der Waals surface area contributed by atoms with Gasteiger partial charge in [-0.05, 0) is 62.4 Å². The van der Waals surface area contributed by atoms with Crippen molar-refractivity contribution in [2.24, 2.45) is 17.8 Å². The molecule has 1 saturated heterocycles. The Labute approximate surface area is 141 Å². The van der Waals surface area contributed by atoms with Gasteiger partial charge < -0.3 is 4.90 Å². The molecule has 23 heavy (non-hydrogen) atoms. The van der Waals surface area contributed by atoms with E-state index < -0.39 is 9.84 Å². The summed E-state index contributed by atoms with van der Waals surface area (Å²) in [7, 11) is -3.01. The zero-order chi connectivity index (χ0) is 17.0. The lowest BCUT2D eigenvalue weighted by molar-refractivity contribution is -0.129. The Hall–Kier alpha value is -0.840. The summed E-state index contributed by atoms with van der Waals surface area (Å²) in [6, 6.07) is -0.165. The fraction of sp³-hybridized carbons (Fsp3) is 0.833. The van der Waals surface area contributed by atoms with Gasteiger partial charge in [0.1, 0.15) is 0 Å². The van der Waals surface area contributed by atoms with Crippen LogP contribution in [0.15, 0.2) is 12.7 Å². The van der Waals surface area contributed by atoms with Gasteiger partial charge in [0.15, 0.2) is 9.84 Å². The van der Waals surface area contributed by atoms with Crippen LogP contribution in [0.4, 0.5) is 0 Å². The van der Waals surface area contributed by atoms with Gasteiger partial charge in [-0.15, -0.1) is 0 Å². The summed E-state index contributed by atoms with van der Waals surface area (Å²) in [5.74, 6) is 2.29. The van der Waals surface area contributed by atoms with Crippen molar-refractivity contribution >= 4 is 15.7 Å². The van der Waals surface area contributed by atoms with Crippen LogP contribution in [-0.4, -0.2) is 43.3 Å². The predicted octanol–water partition coefficient (Wildman–Crippen LogP) is 3.04. The van der Waals surface area contributed by atoms with Gasteiger partial charge in [-0.1, -0.05) is 20.4 Å². The molecule has 1 unspecified atom stereocenters. The first kappa shape index (κ1) is 18.5. The molecule has 1 saturated carbocycles. The molecule has 0 aromatic carbocycles. The standard InChI is InChI=1S/C18H31NO3S/c1-4-18(20)19(17-6-5-11-23(21,22)13-17)12-15-7-9-16(10-8-15)14(2)3/h4,14-17H,1,5-13H2,2-3H3. The minimum atomic E-state index is -3.01. The van der Waals surface area contributed by atoms with Crippen LogP contribution in [0.5, 0.6) is 0 Å². The summed E-state index contributed by atoms with van der Waals surface area (Å²) >= 11 is 0. The number of hydrogen-bond donors (Lipinski definition) is 0. The number of carbonyl (C=O) groups is 1. The van der Waals surface area contributed by atoms with Crippen molar-refractivity contribution in [3.05, 3.63) is 12.7 Å². The molecule has 1 atom stereocenters. The third-order valence-corrected chi connectivity index (χ3v) is 7.43. The van der Waals surface area contributed by atoms with E-state index in [1.165, 1.54) is 18.9 Å². The van der Waals surface area contributed by atoms with Crippen LogP contribution in [0.1, 0.15) is 52.4 Å². The summed E-state index contributed by atoms with van der Waals surface area (Å²) < 4.78 is 23.8. The molecule has 1 heterocycles. The van der Waals surface area contributed by atoms with E-state index in [-0.39, 0.29) is 23.5 Å². The molecule has 4 nitrogen and oxygen atoms in total. The van der Waals surface area contributed by atoms with Crippen LogP contribution in [0.25, 0.3) is 0 Å². The van der Waals surface area contributed by atoms with Crippen molar-refractivity contribution in [1.29, 1.82) is 0 Å². The lowest BCUT2D eigenvalue weighted by Crippen LogP contribution is -2.48. The summed E-state index contributed by atoms with van der Waals surface area (Å²) in [6.07, 6.45) is 7.52. The van der Waals surface area contributed by atoms with Gasteiger partial charge in [-0.3, -0.25) is 4.79 Å². The lowest BCUT2D eigenvalue weighted by atomic mass is 9.77. The molecular formula is C18H31NO3S. The van der Waals surface area contributed by atoms with Gasteiger partial charge in [-0.25, -0.2) is 8.42 Å². The number of rotatable bonds is 5. The zero-order valence-electron chi connectivity index (χ0n) is 14.5. The highest BCUT2D eigenvalue weighted by atomic mass is 32.2. The minimum absolute atomic E-state index is 0.113. The zero-order valence-corrected chi connectivity index (χ0v) is 15.4. The average molecular weight is 342 g/mol. The first-order chi connectivity index (χ1) is 10.8. The molecule has 2 fully saturated rings. The third-order valence-electron chi connectivity index (χ3n) is 5.63. The van der Waals surface area contributed by atoms with Crippen molar-refractivity contribution < 1.29 is 13.2 Å². The number of amides is 1. The Morgan fingerprint density at radius 1 is 1.22 bits per heavy atom. The maximum absolute atomic E-state index is 12.3. The van der Waals surface area contributed by atoms with Crippen molar-refractivity contribution in [1.82, 2.24) is 4.90 Å². The van der Waals surface area contributed by atoms with Crippen molar-refractivity contribution in [2.45, 2.75) is 58.4 Å². The maximum Gasteiger partial charge on any atom is 0.246 e. The highest BCUT2D eigenvalue weighted by molar-refractivity contribution is 7.91. The number of sulfone groups is 1. The van der Waals surface area contributed by atoms with E-state index in [1.54, 1.807) is 4.90 Å². The first-order valence-electron chi connectivity index (χ1n) is 8.96. The van der Waals surface area contributed by atoms with E-state index in [1.807, 2.05) is 0 Å². The van der Waals surface area contributed by atoms with E-state index >= 15 is 0 Å². The topological polar surface area (TPSA) is 54.5 Å². The molecular weight excluding hydrogens is 310 g/mol. The van der Waals surface area contributed by atoms with Gasteiger partial charge >= 0.3 is 0 Å². The molecule has 1 amide bonds. The van der Waals surface area contributed by atoms with Crippen LogP contribution >= 0.6 is 0 Å². The molecule has 2 aliphatic rings. The Kier molecular flexibility index (Phi) is 6.29. The molecule has 0 spiro atoms. The molecule has 0 aromatic rings. The molecule has 2 rings (SSSR count). The lowest BCUT2D eigenvalue weighted by Gasteiger charge is -2.38. The summed E-state index contributed by atoms with van der Waals surface area (Å²) in [5, 5.41) is 0. The second-order valence-corrected chi connectivity index (χ2v) is 9.86. The molecule has 1 aliphatic carbocycles. The van der Waals surface area contributed by atoms with E-state index in [0.29, 0.717) is 18.9 Å². The van der Waals surface area contributed by atoms with Gasteiger partial charge in [-0.2, -0.15) is 0 Å². The number of nitrogens with zero attached hydrogens (tertiary/aromatic N) is 1. The quantitative estimate of drug-likeness (QED) is 0.722. The molecule has 0 aromatic heterocycles. The Balaban J connectivity index is 2.00. The van der Waals surface area contributed by atoms with Crippen molar-refractivity contribution in [2.75, 3.05) is 18.1 Å². The summed E-state index contributed by atoms with van der Waals surface area (Å²) in [6.45, 7) is 8.86. The second kappa shape index (κ2) is 7.82. The summed E-state index contributed by atoms with van der Waals surface area (Å²) in [5.41, 5.74) is 0. The maximum atomic E-state index is 12.3. The minimum Gasteiger partial charge on any atom is -0.335 e. The van der Waals surface area contributed by atoms with Crippen LogP contribution < -0.4 is 0 Å². The number of carbonyl (C=O) groups excluding carboxylic acids is 1. The smallest absolute Gasteiger partial charge is 0.246 e. The fourth-order valence-corrected chi connectivity index (χ4v) is 5.80. The van der Waals surface area contributed by atoms with Gasteiger partial charge in [0, 0.05) is 12.6 Å². The Morgan fingerprint density at radius 2 is 1.87 bits per heavy atom. The highest BCUT2D eigenvalue weighted by Gasteiger charge is 2.33. The second-order valence-electron chi connectivity index (χ2n) is 7.63.